The maximum Gasteiger partial charge on any atom is 0.0623 e. The quantitative estimate of drug-likeness (QED) is 0.592. The first-order valence-corrected chi connectivity index (χ1v) is 11.9. The highest BCUT2D eigenvalue weighted by Gasteiger charge is 2.67. The van der Waals surface area contributed by atoms with Crippen LogP contribution in [0.3, 0.4) is 0 Å². The molecule has 4 aliphatic rings. The predicted molar refractivity (Wildman–Crippen MR) is 109 cm³/mol. The minimum Gasteiger partial charge on any atom is -0.393 e. The lowest BCUT2D eigenvalue weighted by Gasteiger charge is -2.64. The van der Waals surface area contributed by atoms with Gasteiger partial charge in [-0.2, -0.15) is 0 Å². The SMILES string of the molecule is CCCC(C)[C@H]1CC[C@H]2[C@@H]3C(O)CC4CC(O)CC(O)[C@]4(C)[C@H]3CC(O)[C@]12C. The number of hydrogen-bond acceptors (Lipinski definition) is 4. The van der Waals surface area contributed by atoms with E-state index in [9.17, 15) is 20.4 Å². The smallest absolute Gasteiger partial charge is 0.0623 e. The third-order valence-corrected chi connectivity index (χ3v) is 10.4. The zero-order valence-electron chi connectivity index (χ0n) is 18.2. The molecule has 4 N–H and O–H groups in total. The van der Waals surface area contributed by atoms with Crippen molar-refractivity contribution in [2.75, 3.05) is 0 Å². The lowest BCUT2D eigenvalue weighted by Crippen LogP contribution is -2.65. The molecule has 4 rings (SSSR count). The molecule has 4 aliphatic carbocycles. The first kappa shape index (κ1) is 21.1. The maximum atomic E-state index is 11.5. The summed E-state index contributed by atoms with van der Waals surface area (Å²) >= 11 is 0. The molecule has 6 unspecified atom stereocenters. The van der Waals surface area contributed by atoms with E-state index in [2.05, 4.69) is 27.7 Å². The van der Waals surface area contributed by atoms with Crippen LogP contribution >= 0.6 is 0 Å². The zero-order chi connectivity index (χ0) is 20.4. The molecule has 0 aliphatic heterocycles. The third kappa shape index (κ3) is 2.77. The van der Waals surface area contributed by atoms with Crippen molar-refractivity contribution in [3.8, 4) is 0 Å². The van der Waals surface area contributed by atoms with Crippen molar-refractivity contribution in [1.82, 2.24) is 0 Å². The van der Waals surface area contributed by atoms with Gasteiger partial charge in [-0.05, 0) is 84.9 Å². The van der Waals surface area contributed by atoms with Gasteiger partial charge in [-0.1, -0.05) is 40.5 Å². The largest absolute Gasteiger partial charge is 0.393 e. The molecule has 0 aromatic rings. The molecule has 0 amide bonds. The van der Waals surface area contributed by atoms with Gasteiger partial charge in [0.1, 0.15) is 0 Å². The van der Waals surface area contributed by atoms with Crippen LogP contribution in [0, 0.1) is 46.3 Å². The van der Waals surface area contributed by atoms with Crippen molar-refractivity contribution in [2.24, 2.45) is 46.3 Å². The van der Waals surface area contributed by atoms with Crippen molar-refractivity contribution in [3.05, 3.63) is 0 Å². The summed E-state index contributed by atoms with van der Waals surface area (Å²) in [5.74, 6) is 1.89. The molecule has 0 saturated heterocycles. The van der Waals surface area contributed by atoms with E-state index in [-0.39, 0.29) is 40.8 Å². The van der Waals surface area contributed by atoms with E-state index >= 15 is 0 Å². The zero-order valence-corrected chi connectivity index (χ0v) is 18.2. The summed E-state index contributed by atoms with van der Waals surface area (Å²) in [5.41, 5.74) is -0.433. The van der Waals surface area contributed by atoms with Crippen LogP contribution in [-0.4, -0.2) is 44.8 Å². The van der Waals surface area contributed by atoms with Crippen LogP contribution in [0.1, 0.15) is 79.1 Å². The number of aliphatic hydroxyl groups is 4. The summed E-state index contributed by atoms with van der Waals surface area (Å²) in [4.78, 5) is 0. The maximum absolute atomic E-state index is 11.5. The first-order valence-electron chi connectivity index (χ1n) is 11.9. The highest BCUT2D eigenvalue weighted by molar-refractivity contribution is 5.15. The number of fused-ring (bicyclic) bond motifs is 5. The average molecular weight is 395 g/mol. The standard InChI is InChI=1S/C24H42O4/c1-5-6-13(2)16-7-8-17-22-18(12-21(28)24(16,17)4)23(3)14(10-19(22)26)9-15(25)11-20(23)27/h13-22,25-28H,5-12H2,1-4H3/t13?,14?,15?,16-,17+,18+,19?,20?,21?,22+,23+,24-/m1/s1. The second-order valence-corrected chi connectivity index (χ2v) is 11.4. The second-order valence-electron chi connectivity index (χ2n) is 11.4. The molecule has 4 fully saturated rings. The van der Waals surface area contributed by atoms with Gasteiger partial charge in [0.05, 0.1) is 24.4 Å². The summed E-state index contributed by atoms with van der Waals surface area (Å²) in [5, 5.41) is 44.0. The molecule has 162 valence electrons. The summed E-state index contributed by atoms with van der Waals surface area (Å²) < 4.78 is 0. The van der Waals surface area contributed by atoms with E-state index in [1.807, 2.05) is 0 Å². The molecule has 4 heteroatoms. The molecular weight excluding hydrogens is 352 g/mol. The van der Waals surface area contributed by atoms with E-state index in [1.165, 1.54) is 12.8 Å². The van der Waals surface area contributed by atoms with Crippen LogP contribution in [0.5, 0.6) is 0 Å². The molecule has 28 heavy (non-hydrogen) atoms. The Morgan fingerprint density at radius 3 is 2.21 bits per heavy atom. The molecule has 0 bridgehead atoms. The van der Waals surface area contributed by atoms with Crippen molar-refractivity contribution in [2.45, 2.75) is 103 Å². The molecule has 4 saturated carbocycles. The summed E-state index contributed by atoms with van der Waals surface area (Å²) in [6, 6.07) is 0. The van der Waals surface area contributed by atoms with Crippen molar-refractivity contribution < 1.29 is 20.4 Å². The molecule has 12 atom stereocenters. The Labute approximate surface area is 170 Å². The summed E-state index contributed by atoms with van der Waals surface area (Å²) in [6.45, 7) is 9.06. The van der Waals surface area contributed by atoms with Gasteiger partial charge >= 0.3 is 0 Å². The molecule has 0 aromatic carbocycles. The van der Waals surface area contributed by atoms with E-state index in [0.717, 1.165) is 12.8 Å². The average Bonchev–Trinajstić information content (AvgIpc) is 2.97. The van der Waals surface area contributed by atoms with Crippen LogP contribution in [-0.2, 0) is 0 Å². The highest BCUT2D eigenvalue weighted by Crippen LogP contribution is 2.68. The molecule has 4 nitrogen and oxygen atoms in total. The Morgan fingerprint density at radius 1 is 0.857 bits per heavy atom. The molecular formula is C24H42O4. The molecule has 0 spiro atoms. The van der Waals surface area contributed by atoms with E-state index < -0.39 is 12.2 Å². The van der Waals surface area contributed by atoms with Gasteiger partial charge in [-0.25, -0.2) is 0 Å². The molecule has 0 heterocycles. The van der Waals surface area contributed by atoms with Crippen LogP contribution in [0.2, 0.25) is 0 Å². The van der Waals surface area contributed by atoms with Crippen molar-refractivity contribution in [3.63, 3.8) is 0 Å². The Bertz CT molecular complexity index is 581. The minimum absolute atomic E-state index is 0.126. The third-order valence-electron chi connectivity index (χ3n) is 10.4. The Kier molecular flexibility index (Phi) is 5.43. The van der Waals surface area contributed by atoms with Gasteiger partial charge in [0.25, 0.3) is 0 Å². The van der Waals surface area contributed by atoms with Gasteiger partial charge in [-0.3, -0.25) is 0 Å². The summed E-state index contributed by atoms with van der Waals surface area (Å²) in [6.07, 6.45) is 5.32. The van der Waals surface area contributed by atoms with E-state index in [1.54, 1.807) is 0 Å². The highest BCUT2D eigenvalue weighted by atomic mass is 16.3. The normalized spacial score (nSPS) is 57.2. The van der Waals surface area contributed by atoms with Gasteiger partial charge in [0, 0.05) is 0 Å². The van der Waals surface area contributed by atoms with Crippen LogP contribution in [0.15, 0.2) is 0 Å². The monoisotopic (exact) mass is 394 g/mol. The van der Waals surface area contributed by atoms with Gasteiger partial charge in [-0.15, -0.1) is 0 Å². The fourth-order valence-electron chi connectivity index (χ4n) is 8.86. The Balaban J connectivity index is 1.68. The van der Waals surface area contributed by atoms with Gasteiger partial charge in [0.2, 0.25) is 0 Å². The lowest BCUT2D eigenvalue weighted by atomic mass is 9.42. The van der Waals surface area contributed by atoms with Crippen LogP contribution < -0.4 is 0 Å². The summed E-state index contributed by atoms with van der Waals surface area (Å²) in [7, 11) is 0. The lowest BCUT2D eigenvalue weighted by molar-refractivity contribution is -0.234. The van der Waals surface area contributed by atoms with E-state index in [0.29, 0.717) is 43.4 Å². The number of aliphatic hydroxyl groups excluding tert-OH is 4. The Morgan fingerprint density at radius 2 is 1.54 bits per heavy atom. The minimum atomic E-state index is -0.547. The van der Waals surface area contributed by atoms with E-state index in [4.69, 9.17) is 0 Å². The fourth-order valence-corrected chi connectivity index (χ4v) is 8.86. The molecule has 0 aromatic heterocycles. The second kappa shape index (κ2) is 7.21. The van der Waals surface area contributed by atoms with Crippen molar-refractivity contribution >= 4 is 0 Å². The fraction of sp³-hybridized carbons (Fsp3) is 1.00. The van der Waals surface area contributed by atoms with Gasteiger partial charge in [0.15, 0.2) is 0 Å². The van der Waals surface area contributed by atoms with Crippen LogP contribution in [0.4, 0.5) is 0 Å². The predicted octanol–water partition coefficient (Wildman–Crippen LogP) is 3.35. The Hall–Kier alpha value is -0.160. The number of hydrogen-bond donors (Lipinski definition) is 4. The van der Waals surface area contributed by atoms with Gasteiger partial charge < -0.3 is 20.4 Å². The number of rotatable bonds is 3. The first-order chi connectivity index (χ1) is 13.1. The van der Waals surface area contributed by atoms with Crippen molar-refractivity contribution in [1.29, 1.82) is 0 Å². The molecule has 0 radical (unpaired) electrons. The topological polar surface area (TPSA) is 80.9 Å². The van der Waals surface area contributed by atoms with Crippen LogP contribution in [0.25, 0.3) is 0 Å².